The van der Waals surface area contributed by atoms with Crippen molar-refractivity contribution in [3.8, 4) is 0 Å². The summed E-state index contributed by atoms with van der Waals surface area (Å²) >= 11 is 18.3. The molecule has 0 spiro atoms. The summed E-state index contributed by atoms with van der Waals surface area (Å²) in [6.45, 7) is 1.26. The van der Waals surface area contributed by atoms with Crippen molar-refractivity contribution in [2.75, 3.05) is 34.3 Å². The summed E-state index contributed by atoms with van der Waals surface area (Å²) in [5.41, 5.74) is 0.956. The van der Waals surface area contributed by atoms with E-state index in [0.717, 1.165) is 30.1 Å². The molecule has 3 atom stereocenters. The fourth-order valence-electron chi connectivity index (χ4n) is 4.08. The third-order valence-electron chi connectivity index (χ3n) is 5.74. The van der Waals surface area contributed by atoms with E-state index in [-0.39, 0.29) is 17.7 Å². The molecule has 3 rings (SSSR count). The van der Waals surface area contributed by atoms with Crippen molar-refractivity contribution in [1.82, 2.24) is 25.4 Å². The van der Waals surface area contributed by atoms with Crippen LogP contribution in [0.3, 0.4) is 0 Å². The van der Waals surface area contributed by atoms with E-state index in [2.05, 4.69) is 20.5 Å². The van der Waals surface area contributed by atoms with Crippen molar-refractivity contribution in [1.29, 1.82) is 0 Å². The lowest BCUT2D eigenvalue weighted by Gasteiger charge is -2.36. The van der Waals surface area contributed by atoms with Crippen molar-refractivity contribution in [3.63, 3.8) is 0 Å². The van der Waals surface area contributed by atoms with E-state index in [4.69, 9.17) is 39.5 Å². The Bertz CT molecular complexity index is 892. The predicted octanol–water partition coefficient (Wildman–Crippen LogP) is 2.58. The van der Waals surface area contributed by atoms with Crippen LogP contribution < -0.4 is 10.6 Å². The molecule has 1 aliphatic heterocycles. The van der Waals surface area contributed by atoms with E-state index >= 15 is 0 Å². The third kappa shape index (κ3) is 7.32. The molecule has 0 radical (unpaired) electrons. The third-order valence-corrected chi connectivity index (χ3v) is 7.15. The number of nitrogens with one attached hydrogen (secondary N) is 2. The molecule has 0 aromatic carbocycles. The van der Waals surface area contributed by atoms with Gasteiger partial charge >= 0.3 is 6.09 Å². The molecule has 0 unspecified atom stereocenters. The number of thiazole rings is 1. The van der Waals surface area contributed by atoms with Crippen LogP contribution in [-0.2, 0) is 22.5 Å². The van der Waals surface area contributed by atoms with E-state index in [1.54, 1.807) is 14.1 Å². The van der Waals surface area contributed by atoms with Gasteiger partial charge in [0, 0.05) is 44.4 Å². The summed E-state index contributed by atoms with van der Waals surface area (Å²) < 4.78 is 3.25. The average molecular weight is 541 g/mol. The van der Waals surface area contributed by atoms with Gasteiger partial charge in [-0.2, -0.15) is 0 Å². The first-order valence-electron chi connectivity index (χ1n) is 10.6. The Balaban J connectivity index is 1.70. The molecule has 2 heterocycles. The first kappa shape index (κ1) is 26.3. The van der Waals surface area contributed by atoms with Gasteiger partial charge in [-0.05, 0) is 26.3 Å². The SMILES string of the molecule is CN1CCc2nc(C(=O)N[C@@H]3C[C@@H](C(=O)N(C)C)CC[C@@H]3NC(=O)OCC(Cl)(Cl)Cl)sc2C1. The van der Waals surface area contributed by atoms with Crippen LogP contribution in [0.15, 0.2) is 0 Å². The fourth-order valence-corrected chi connectivity index (χ4v) is 5.34. The number of fused-ring (bicyclic) bond motifs is 1. The Morgan fingerprint density at radius 1 is 1.21 bits per heavy atom. The highest BCUT2D eigenvalue weighted by Gasteiger charge is 2.37. The quantitative estimate of drug-likeness (QED) is 0.557. The van der Waals surface area contributed by atoms with Gasteiger partial charge in [-0.15, -0.1) is 11.3 Å². The van der Waals surface area contributed by atoms with Gasteiger partial charge in [0.1, 0.15) is 6.61 Å². The van der Waals surface area contributed by atoms with Gasteiger partial charge in [-0.25, -0.2) is 9.78 Å². The maximum Gasteiger partial charge on any atom is 0.407 e. The Morgan fingerprint density at radius 3 is 2.61 bits per heavy atom. The van der Waals surface area contributed by atoms with Crippen LogP contribution in [0.4, 0.5) is 4.79 Å². The van der Waals surface area contributed by atoms with Crippen molar-refractivity contribution >= 4 is 64.0 Å². The number of likely N-dealkylation sites (N-methyl/N-ethyl adjacent to an activating group) is 1. The van der Waals surface area contributed by atoms with Crippen molar-refractivity contribution in [2.24, 2.45) is 5.92 Å². The van der Waals surface area contributed by atoms with Crippen LogP contribution in [0.2, 0.25) is 0 Å². The fraction of sp³-hybridized carbons (Fsp3) is 0.700. The number of amides is 3. The van der Waals surface area contributed by atoms with Crippen LogP contribution in [0.5, 0.6) is 0 Å². The first-order chi connectivity index (χ1) is 15.4. The molecule has 9 nitrogen and oxygen atoms in total. The van der Waals surface area contributed by atoms with Gasteiger partial charge < -0.3 is 25.2 Å². The van der Waals surface area contributed by atoms with Gasteiger partial charge in [-0.3, -0.25) is 9.59 Å². The monoisotopic (exact) mass is 539 g/mol. The number of aromatic nitrogens is 1. The van der Waals surface area contributed by atoms with Crippen LogP contribution in [-0.4, -0.2) is 82.9 Å². The van der Waals surface area contributed by atoms with E-state index in [1.807, 2.05) is 7.05 Å². The van der Waals surface area contributed by atoms with Gasteiger partial charge in [0.05, 0.1) is 17.8 Å². The number of hydrogen-bond acceptors (Lipinski definition) is 7. The number of alkyl halides is 3. The highest BCUT2D eigenvalue weighted by molar-refractivity contribution is 7.13. The number of carbonyl (C=O) groups excluding carboxylic acids is 3. The summed E-state index contributed by atoms with van der Waals surface area (Å²) in [6.07, 6.45) is 1.48. The van der Waals surface area contributed by atoms with E-state index < -0.39 is 28.6 Å². The highest BCUT2D eigenvalue weighted by atomic mass is 35.6. The lowest BCUT2D eigenvalue weighted by Crippen LogP contribution is -2.56. The van der Waals surface area contributed by atoms with Gasteiger partial charge in [0.15, 0.2) is 5.01 Å². The second-order valence-electron chi connectivity index (χ2n) is 8.64. The van der Waals surface area contributed by atoms with Gasteiger partial charge in [-0.1, -0.05) is 34.8 Å². The Morgan fingerprint density at radius 2 is 1.94 bits per heavy atom. The second-order valence-corrected chi connectivity index (χ2v) is 12.2. The summed E-state index contributed by atoms with van der Waals surface area (Å²) in [5, 5.41) is 6.11. The first-order valence-corrected chi connectivity index (χ1v) is 12.6. The van der Waals surface area contributed by atoms with Crippen LogP contribution in [0.25, 0.3) is 0 Å². The number of halogens is 3. The van der Waals surface area contributed by atoms with E-state index in [9.17, 15) is 14.4 Å². The summed E-state index contributed by atoms with van der Waals surface area (Å²) in [5.74, 6) is -0.598. The molecule has 1 saturated carbocycles. The lowest BCUT2D eigenvalue weighted by atomic mass is 9.81. The molecule has 2 N–H and O–H groups in total. The molecule has 33 heavy (non-hydrogen) atoms. The maximum absolute atomic E-state index is 13.0. The number of hydrogen-bond donors (Lipinski definition) is 2. The van der Waals surface area contributed by atoms with E-state index in [0.29, 0.717) is 24.3 Å². The molecule has 1 fully saturated rings. The Labute approximate surface area is 212 Å². The van der Waals surface area contributed by atoms with E-state index in [1.165, 1.54) is 16.2 Å². The number of alkyl carbamates (subject to hydrolysis) is 1. The normalized spacial score (nSPS) is 23.4. The smallest absolute Gasteiger partial charge is 0.407 e. The number of ether oxygens (including phenoxy) is 1. The standard InChI is InChI=1S/C20H28Cl3N5O4S/c1-27(2)18(30)11-4-5-12(26-19(31)32-10-20(21,22)23)14(8-11)24-16(29)17-25-13-6-7-28(3)9-15(13)33-17/h11-12,14H,4-10H2,1-3H3,(H,24,29)(H,26,31)/t11-,12-,14+/m0/s1. The lowest BCUT2D eigenvalue weighted by molar-refractivity contribution is -0.134. The number of rotatable bonds is 5. The molecule has 1 aliphatic carbocycles. The Hall–Kier alpha value is -1.33. The molecular weight excluding hydrogens is 513 g/mol. The Kier molecular flexibility index (Phi) is 8.71. The topological polar surface area (TPSA) is 104 Å². The number of nitrogens with zero attached hydrogens (tertiary/aromatic N) is 3. The molecule has 184 valence electrons. The molecular formula is C20H28Cl3N5O4S. The van der Waals surface area contributed by atoms with Gasteiger partial charge in [0.25, 0.3) is 5.91 Å². The zero-order valence-corrected chi connectivity index (χ0v) is 21.8. The molecule has 1 aromatic heterocycles. The zero-order chi connectivity index (χ0) is 24.3. The van der Waals surface area contributed by atoms with Crippen molar-refractivity contribution < 1.29 is 19.1 Å². The molecule has 0 bridgehead atoms. The largest absolute Gasteiger partial charge is 0.445 e. The minimum atomic E-state index is -1.72. The van der Waals surface area contributed by atoms with Crippen LogP contribution in [0.1, 0.15) is 39.6 Å². The minimum absolute atomic E-state index is 0.0146. The molecule has 0 saturated heterocycles. The van der Waals surface area contributed by atoms with Crippen LogP contribution in [0, 0.1) is 5.92 Å². The molecule has 13 heteroatoms. The zero-order valence-electron chi connectivity index (χ0n) is 18.7. The van der Waals surface area contributed by atoms with Crippen molar-refractivity contribution in [2.45, 2.75) is 48.1 Å². The highest BCUT2D eigenvalue weighted by Crippen LogP contribution is 2.29. The van der Waals surface area contributed by atoms with Crippen LogP contribution >= 0.6 is 46.1 Å². The summed E-state index contributed by atoms with van der Waals surface area (Å²) in [7, 11) is 5.43. The molecule has 2 aliphatic rings. The second kappa shape index (κ2) is 10.9. The predicted molar refractivity (Wildman–Crippen MR) is 128 cm³/mol. The molecule has 3 amide bonds. The van der Waals surface area contributed by atoms with Crippen molar-refractivity contribution in [3.05, 3.63) is 15.6 Å². The molecule has 1 aromatic rings. The maximum atomic E-state index is 13.0. The minimum Gasteiger partial charge on any atom is -0.445 e. The summed E-state index contributed by atoms with van der Waals surface area (Å²) in [4.78, 5) is 47.2. The average Bonchev–Trinajstić information content (AvgIpc) is 3.15. The summed E-state index contributed by atoms with van der Waals surface area (Å²) in [6, 6.07) is -0.923. The number of carbonyl (C=O) groups is 3. The van der Waals surface area contributed by atoms with Gasteiger partial charge in [0.2, 0.25) is 9.70 Å².